The van der Waals surface area contributed by atoms with Gasteiger partial charge in [0.15, 0.2) is 0 Å². The lowest BCUT2D eigenvalue weighted by Gasteiger charge is -2.31. The van der Waals surface area contributed by atoms with Crippen molar-refractivity contribution >= 4 is 0 Å². The van der Waals surface area contributed by atoms with Gasteiger partial charge in [0.05, 0.1) is 13.2 Å². The Kier molecular flexibility index (Phi) is 4.45. The van der Waals surface area contributed by atoms with Gasteiger partial charge in [0.1, 0.15) is 11.6 Å². The van der Waals surface area contributed by atoms with E-state index in [0.29, 0.717) is 24.3 Å². The van der Waals surface area contributed by atoms with Crippen LogP contribution in [0.5, 0.6) is 5.75 Å². The van der Waals surface area contributed by atoms with E-state index in [1.165, 1.54) is 6.07 Å². The summed E-state index contributed by atoms with van der Waals surface area (Å²) in [6.45, 7) is 1.63. The van der Waals surface area contributed by atoms with E-state index in [1.807, 2.05) is 12.1 Å². The number of hydrogen-bond acceptors (Lipinski definition) is 3. The van der Waals surface area contributed by atoms with Crippen LogP contribution in [0.4, 0.5) is 4.39 Å². The minimum absolute atomic E-state index is 0.170. The van der Waals surface area contributed by atoms with E-state index in [4.69, 9.17) is 4.74 Å². The molecule has 3 nitrogen and oxygen atoms in total. The molecular weight excluding hydrogens is 269 g/mol. The summed E-state index contributed by atoms with van der Waals surface area (Å²) in [6.07, 6.45) is 5.24. The van der Waals surface area contributed by atoms with Crippen molar-refractivity contribution in [1.82, 2.24) is 4.90 Å². The zero-order valence-corrected chi connectivity index (χ0v) is 12.6. The van der Waals surface area contributed by atoms with Crippen molar-refractivity contribution in [3.05, 3.63) is 29.6 Å². The van der Waals surface area contributed by atoms with Crippen molar-refractivity contribution in [3.8, 4) is 5.75 Å². The number of ether oxygens (including phenoxy) is 1. The number of aliphatic hydroxyl groups is 1. The van der Waals surface area contributed by atoms with Crippen LogP contribution in [0.3, 0.4) is 0 Å². The zero-order valence-electron chi connectivity index (χ0n) is 12.6. The molecule has 1 aliphatic carbocycles. The summed E-state index contributed by atoms with van der Waals surface area (Å²) < 4.78 is 19.2. The third-order valence-corrected chi connectivity index (χ3v) is 5.07. The molecule has 116 valence electrons. The molecule has 1 heterocycles. The van der Waals surface area contributed by atoms with Crippen LogP contribution in [0.25, 0.3) is 0 Å². The molecule has 1 aromatic rings. The van der Waals surface area contributed by atoms with E-state index in [1.54, 1.807) is 7.11 Å². The van der Waals surface area contributed by atoms with Gasteiger partial charge in [-0.3, -0.25) is 4.90 Å². The lowest BCUT2D eigenvalue weighted by molar-refractivity contribution is 0.0715. The Bertz CT molecular complexity index is 494. The fourth-order valence-electron chi connectivity index (χ4n) is 3.95. The van der Waals surface area contributed by atoms with E-state index < -0.39 is 0 Å². The molecule has 0 bridgehead atoms. The predicted molar refractivity (Wildman–Crippen MR) is 79.7 cm³/mol. The highest BCUT2D eigenvalue weighted by Crippen LogP contribution is 2.36. The largest absolute Gasteiger partial charge is 0.497 e. The van der Waals surface area contributed by atoms with E-state index in [0.717, 1.165) is 44.2 Å². The Hall–Kier alpha value is -1.13. The third-order valence-electron chi connectivity index (χ3n) is 5.07. The van der Waals surface area contributed by atoms with Gasteiger partial charge in [-0.25, -0.2) is 4.39 Å². The Balaban J connectivity index is 1.71. The average molecular weight is 293 g/mol. The summed E-state index contributed by atoms with van der Waals surface area (Å²) in [5.41, 5.74) is 0.718. The lowest BCUT2D eigenvalue weighted by atomic mass is 9.94. The van der Waals surface area contributed by atoms with Crippen molar-refractivity contribution in [1.29, 1.82) is 0 Å². The van der Waals surface area contributed by atoms with E-state index >= 15 is 0 Å². The molecule has 0 amide bonds. The number of methoxy groups -OCH3 is 1. The third kappa shape index (κ3) is 3.06. The molecule has 1 saturated carbocycles. The number of aliphatic hydroxyl groups excluding tert-OH is 1. The minimum Gasteiger partial charge on any atom is -0.497 e. The molecular formula is C17H24FNO2. The Morgan fingerprint density at radius 2 is 2.14 bits per heavy atom. The molecule has 1 aliphatic heterocycles. The number of rotatable bonds is 4. The molecule has 1 saturated heterocycles. The summed E-state index contributed by atoms with van der Waals surface area (Å²) >= 11 is 0. The normalized spacial score (nSPS) is 30.0. The smallest absolute Gasteiger partial charge is 0.131 e. The second-order valence-electron chi connectivity index (χ2n) is 6.30. The molecule has 3 rings (SSSR count). The summed E-state index contributed by atoms with van der Waals surface area (Å²) in [6, 6.07) is 5.48. The number of likely N-dealkylation sites (tertiary alicyclic amines) is 1. The van der Waals surface area contributed by atoms with Crippen LogP contribution in [0, 0.1) is 11.7 Å². The van der Waals surface area contributed by atoms with Gasteiger partial charge >= 0.3 is 0 Å². The zero-order chi connectivity index (χ0) is 14.8. The predicted octanol–water partition coefficient (Wildman–Crippen LogP) is 2.96. The molecule has 4 heteroatoms. The maximum absolute atomic E-state index is 14.1. The monoisotopic (exact) mass is 293 g/mol. The van der Waals surface area contributed by atoms with Crippen molar-refractivity contribution < 1.29 is 14.2 Å². The Morgan fingerprint density at radius 1 is 1.29 bits per heavy atom. The van der Waals surface area contributed by atoms with Gasteiger partial charge in [0.2, 0.25) is 0 Å². The molecule has 0 radical (unpaired) electrons. The lowest BCUT2D eigenvalue weighted by Crippen LogP contribution is -2.38. The van der Waals surface area contributed by atoms with Crippen LogP contribution in [0.1, 0.15) is 37.7 Å². The Labute approximate surface area is 125 Å². The first kappa shape index (κ1) is 14.8. The van der Waals surface area contributed by atoms with Crippen LogP contribution in [-0.2, 0) is 6.54 Å². The topological polar surface area (TPSA) is 32.7 Å². The van der Waals surface area contributed by atoms with Crippen LogP contribution in [0.2, 0.25) is 0 Å². The SMILES string of the molecule is COc1ccc(CN2CCCC2C2CCCC2O)c(F)c1. The summed E-state index contributed by atoms with van der Waals surface area (Å²) in [7, 11) is 1.55. The number of nitrogens with zero attached hydrogens (tertiary/aromatic N) is 1. The van der Waals surface area contributed by atoms with Crippen LogP contribution >= 0.6 is 0 Å². The molecule has 0 spiro atoms. The molecule has 2 fully saturated rings. The van der Waals surface area contributed by atoms with Crippen molar-refractivity contribution in [2.24, 2.45) is 5.92 Å². The fourth-order valence-corrected chi connectivity index (χ4v) is 3.95. The van der Waals surface area contributed by atoms with E-state index in [9.17, 15) is 9.50 Å². The number of hydrogen-bond donors (Lipinski definition) is 1. The highest BCUT2D eigenvalue weighted by Gasteiger charge is 2.38. The maximum Gasteiger partial charge on any atom is 0.131 e. The molecule has 2 aliphatic rings. The first-order valence-electron chi connectivity index (χ1n) is 7.93. The standard InChI is InChI=1S/C17H24FNO2/c1-21-13-8-7-12(15(18)10-13)11-19-9-3-5-16(19)14-4-2-6-17(14)20/h7-8,10,14,16-17,20H,2-6,9,11H2,1H3. The average Bonchev–Trinajstić information content (AvgIpc) is 3.09. The van der Waals surface area contributed by atoms with Gasteiger partial charge in [-0.1, -0.05) is 12.5 Å². The minimum atomic E-state index is -0.202. The van der Waals surface area contributed by atoms with Gasteiger partial charge in [-0.05, 0) is 38.3 Å². The summed E-state index contributed by atoms with van der Waals surface area (Å²) in [5, 5.41) is 10.1. The second-order valence-corrected chi connectivity index (χ2v) is 6.30. The quantitative estimate of drug-likeness (QED) is 0.926. The van der Waals surface area contributed by atoms with E-state index in [2.05, 4.69) is 4.90 Å². The Morgan fingerprint density at radius 3 is 2.81 bits per heavy atom. The fraction of sp³-hybridized carbons (Fsp3) is 0.647. The van der Waals surface area contributed by atoms with Gasteiger partial charge in [-0.2, -0.15) is 0 Å². The van der Waals surface area contributed by atoms with Gasteiger partial charge < -0.3 is 9.84 Å². The van der Waals surface area contributed by atoms with Gasteiger partial charge in [0, 0.05) is 30.1 Å². The summed E-state index contributed by atoms with van der Waals surface area (Å²) in [4.78, 5) is 2.35. The molecule has 3 unspecified atom stereocenters. The first-order chi connectivity index (χ1) is 10.2. The van der Waals surface area contributed by atoms with Crippen molar-refractivity contribution in [2.75, 3.05) is 13.7 Å². The van der Waals surface area contributed by atoms with Crippen molar-refractivity contribution in [2.45, 2.75) is 50.8 Å². The van der Waals surface area contributed by atoms with Crippen LogP contribution < -0.4 is 4.74 Å². The number of benzene rings is 1. The number of halogens is 1. The van der Waals surface area contributed by atoms with E-state index in [-0.39, 0.29) is 11.9 Å². The highest BCUT2D eigenvalue weighted by molar-refractivity contribution is 5.29. The molecule has 3 atom stereocenters. The molecule has 0 aromatic heterocycles. The van der Waals surface area contributed by atoms with Crippen LogP contribution in [-0.4, -0.2) is 35.8 Å². The molecule has 1 N–H and O–H groups in total. The molecule has 1 aromatic carbocycles. The summed E-state index contributed by atoms with van der Waals surface area (Å²) in [5.74, 6) is 0.723. The van der Waals surface area contributed by atoms with Crippen LogP contribution in [0.15, 0.2) is 18.2 Å². The van der Waals surface area contributed by atoms with Gasteiger partial charge in [0.25, 0.3) is 0 Å². The van der Waals surface area contributed by atoms with Crippen molar-refractivity contribution in [3.63, 3.8) is 0 Å². The second kappa shape index (κ2) is 6.32. The highest BCUT2D eigenvalue weighted by atomic mass is 19.1. The maximum atomic E-state index is 14.1. The first-order valence-corrected chi connectivity index (χ1v) is 7.93. The van der Waals surface area contributed by atoms with Gasteiger partial charge in [-0.15, -0.1) is 0 Å². The molecule has 21 heavy (non-hydrogen) atoms.